The van der Waals surface area contributed by atoms with E-state index < -0.39 is 0 Å². The molecule has 0 amide bonds. The van der Waals surface area contributed by atoms with Crippen LogP contribution >= 0.6 is 11.9 Å². The van der Waals surface area contributed by atoms with E-state index in [-0.39, 0.29) is 5.12 Å². The van der Waals surface area contributed by atoms with Gasteiger partial charge in [0, 0.05) is 30.0 Å². The van der Waals surface area contributed by atoms with Gasteiger partial charge in [-0.1, -0.05) is 57.2 Å². The molecule has 1 aromatic rings. The summed E-state index contributed by atoms with van der Waals surface area (Å²) in [5, 5.41) is 0.258. The molecule has 2 rings (SSSR count). The summed E-state index contributed by atoms with van der Waals surface area (Å²) >= 11 is 1.32. The molecule has 1 aliphatic rings. The van der Waals surface area contributed by atoms with Crippen molar-refractivity contribution < 1.29 is 4.79 Å². The average Bonchev–Trinajstić information content (AvgIpc) is 2.42. The Hall–Kier alpha value is -1.22. The summed E-state index contributed by atoms with van der Waals surface area (Å²) in [6.45, 7) is 9.36. The van der Waals surface area contributed by atoms with Crippen molar-refractivity contribution >= 4 is 17.1 Å². The topological polar surface area (TPSA) is 20.3 Å². The first-order chi connectivity index (χ1) is 9.11. The van der Waals surface area contributed by atoms with Gasteiger partial charge in [-0.3, -0.25) is 4.79 Å². The molecule has 1 fully saturated rings. The summed E-state index contributed by atoms with van der Waals surface area (Å²) in [5.74, 6) is 0.804. The predicted molar refractivity (Wildman–Crippen MR) is 81.3 cm³/mol. The van der Waals surface area contributed by atoms with Crippen molar-refractivity contribution in [3.05, 3.63) is 48.2 Å². The van der Waals surface area contributed by atoms with Gasteiger partial charge in [0.15, 0.2) is 0 Å². The summed E-state index contributed by atoms with van der Waals surface area (Å²) in [6.07, 6.45) is 1.71. The van der Waals surface area contributed by atoms with Gasteiger partial charge >= 0.3 is 0 Å². The lowest BCUT2D eigenvalue weighted by Crippen LogP contribution is -2.32. The Labute approximate surface area is 120 Å². The zero-order valence-corrected chi connectivity index (χ0v) is 12.5. The molecule has 1 saturated heterocycles. The first-order valence-electron chi connectivity index (χ1n) is 6.82. The van der Waals surface area contributed by atoms with E-state index in [4.69, 9.17) is 0 Å². The molecule has 0 spiro atoms. The highest BCUT2D eigenvalue weighted by molar-refractivity contribution is 8.11. The van der Waals surface area contributed by atoms with Crippen LogP contribution in [0.15, 0.2) is 42.6 Å². The number of carbonyl (C=O) groups is 1. The quantitative estimate of drug-likeness (QED) is 0.766. The number of carbonyl (C=O) groups excluding carboxylic acids is 1. The fourth-order valence-corrected chi connectivity index (χ4v) is 3.36. The highest BCUT2D eigenvalue weighted by Gasteiger charge is 2.32. The summed E-state index contributed by atoms with van der Waals surface area (Å²) in [6, 6.07) is 10.2. The summed E-state index contributed by atoms with van der Waals surface area (Å²) in [4.78, 5) is 11.9. The molecule has 2 atom stereocenters. The van der Waals surface area contributed by atoms with E-state index in [2.05, 4.69) is 36.9 Å². The Morgan fingerprint density at radius 3 is 2.74 bits per heavy atom. The maximum Gasteiger partial charge on any atom is 0.209 e. The van der Waals surface area contributed by atoms with Crippen molar-refractivity contribution in [3.8, 4) is 0 Å². The lowest BCUT2D eigenvalue weighted by Gasteiger charge is -2.37. The summed E-state index contributed by atoms with van der Waals surface area (Å²) < 4.78 is 2.07. The molecule has 1 aromatic carbocycles. The maximum atomic E-state index is 11.9. The third-order valence-corrected chi connectivity index (χ3v) is 4.80. The van der Waals surface area contributed by atoms with E-state index in [1.165, 1.54) is 17.5 Å². The van der Waals surface area contributed by atoms with Crippen LogP contribution in [0.1, 0.15) is 32.3 Å². The highest BCUT2D eigenvalue weighted by Crippen LogP contribution is 2.39. The molecule has 19 heavy (non-hydrogen) atoms. The third-order valence-electron chi connectivity index (χ3n) is 3.85. The molecule has 0 aliphatic carbocycles. The third kappa shape index (κ3) is 3.41. The molecule has 1 heterocycles. The second kappa shape index (κ2) is 6.29. The van der Waals surface area contributed by atoms with Crippen molar-refractivity contribution in [3.63, 3.8) is 0 Å². The van der Waals surface area contributed by atoms with Crippen LogP contribution in [0.3, 0.4) is 0 Å². The van der Waals surface area contributed by atoms with Gasteiger partial charge < -0.3 is 4.31 Å². The number of nitrogens with zero attached hydrogens (tertiary/aromatic N) is 1. The Kier molecular flexibility index (Phi) is 4.70. The molecule has 0 bridgehead atoms. The lowest BCUT2D eigenvalue weighted by atomic mass is 9.86. The van der Waals surface area contributed by atoms with Gasteiger partial charge in [0.2, 0.25) is 5.12 Å². The van der Waals surface area contributed by atoms with E-state index in [9.17, 15) is 4.79 Å². The fraction of sp³-hybridized carbons (Fsp3) is 0.438. The van der Waals surface area contributed by atoms with Gasteiger partial charge in [-0.25, -0.2) is 0 Å². The molecule has 1 aliphatic heterocycles. The molecule has 0 saturated carbocycles. The van der Waals surface area contributed by atoms with Crippen LogP contribution in [-0.4, -0.2) is 9.42 Å². The van der Waals surface area contributed by atoms with Crippen LogP contribution in [0.4, 0.5) is 0 Å². The maximum absolute atomic E-state index is 11.9. The standard InChI is InChI=1S/C16H21NOS/c1-4-12(2)15-10-16(18)19-17(13(15)3)11-14-8-6-5-7-9-14/h5-9,12,15H,3-4,10-11H2,1-2H3. The SMILES string of the molecule is C=C1C(C(C)CC)CC(=O)SN1Cc1ccccc1. The minimum atomic E-state index is 0.258. The number of allylic oxidation sites excluding steroid dienone is 1. The molecular weight excluding hydrogens is 254 g/mol. The van der Waals surface area contributed by atoms with E-state index in [1.807, 2.05) is 18.2 Å². The molecular formula is C16H21NOS. The van der Waals surface area contributed by atoms with Crippen molar-refractivity contribution in [1.29, 1.82) is 0 Å². The molecule has 0 N–H and O–H groups in total. The smallest absolute Gasteiger partial charge is 0.209 e. The largest absolute Gasteiger partial charge is 0.310 e. The zero-order valence-electron chi connectivity index (χ0n) is 11.6. The second-order valence-electron chi connectivity index (χ2n) is 5.17. The normalized spacial score (nSPS) is 21.6. The van der Waals surface area contributed by atoms with Crippen LogP contribution in [0.2, 0.25) is 0 Å². The first-order valence-corrected chi connectivity index (χ1v) is 7.60. The highest BCUT2D eigenvalue weighted by atomic mass is 32.2. The van der Waals surface area contributed by atoms with Crippen LogP contribution < -0.4 is 0 Å². The van der Waals surface area contributed by atoms with Gasteiger partial charge in [-0.15, -0.1) is 0 Å². The molecule has 102 valence electrons. The molecule has 0 aromatic heterocycles. The van der Waals surface area contributed by atoms with Crippen LogP contribution in [-0.2, 0) is 11.3 Å². The number of rotatable bonds is 4. The monoisotopic (exact) mass is 275 g/mol. The van der Waals surface area contributed by atoms with Gasteiger partial charge in [0.1, 0.15) is 0 Å². The molecule has 0 radical (unpaired) electrons. The Morgan fingerprint density at radius 2 is 2.11 bits per heavy atom. The van der Waals surface area contributed by atoms with E-state index in [1.54, 1.807) is 0 Å². The molecule has 3 heteroatoms. The van der Waals surface area contributed by atoms with Crippen molar-refractivity contribution in [2.75, 3.05) is 0 Å². The van der Waals surface area contributed by atoms with Gasteiger partial charge in [-0.2, -0.15) is 0 Å². The summed E-state index contributed by atoms with van der Waals surface area (Å²) in [7, 11) is 0. The van der Waals surface area contributed by atoms with Crippen molar-refractivity contribution in [2.24, 2.45) is 11.8 Å². The second-order valence-corrected chi connectivity index (χ2v) is 6.25. The Morgan fingerprint density at radius 1 is 1.42 bits per heavy atom. The van der Waals surface area contributed by atoms with Gasteiger partial charge in [0.05, 0.1) is 6.54 Å². The summed E-state index contributed by atoms with van der Waals surface area (Å²) in [5.41, 5.74) is 2.32. The van der Waals surface area contributed by atoms with E-state index in [0.29, 0.717) is 18.3 Å². The Balaban J connectivity index is 2.11. The van der Waals surface area contributed by atoms with Crippen LogP contribution in [0.25, 0.3) is 0 Å². The first kappa shape index (κ1) is 14.2. The number of hydrogen-bond acceptors (Lipinski definition) is 3. The average molecular weight is 275 g/mol. The predicted octanol–water partition coefficient (Wildman–Crippen LogP) is 4.24. The Bertz CT molecular complexity index is 457. The minimum absolute atomic E-state index is 0.258. The molecule has 2 nitrogen and oxygen atoms in total. The van der Waals surface area contributed by atoms with Gasteiger partial charge in [-0.05, 0) is 11.5 Å². The number of benzene rings is 1. The number of hydrogen-bond donors (Lipinski definition) is 0. The van der Waals surface area contributed by atoms with E-state index >= 15 is 0 Å². The van der Waals surface area contributed by atoms with Crippen LogP contribution in [0.5, 0.6) is 0 Å². The van der Waals surface area contributed by atoms with Crippen molar-refractivity contribution in [1.82, 2.24) is 4.31 Å². The molecule has 2 unspecified atom stereocenters. The van der Waals surface area contributed by atoms with Gasteiger partial charge in [0.25, 0.3) is 0 Å². The minimum Gasteiger partial charge on any atom is -0.310 e. The lowest BCUT2D eigenvalue weighted by molar-refractivity contribution is -0.112. The van der Waals surface area contributed by atoms with Crippen LogP contribution in [0, 0.1) is 11.8 Å². The van der Waals surface area contributed by atoms with E-state index in [0.717, 1.165) is 18.7 Å². The van der Waals surface area contributed by atoms with Crippen molar-refractivity contribution in [2.45, 2.75) is 33.2 Å². The fourth-order valence-electron chi connectivity index (χ4n) is 2.40. The zero-order chi connectivity index (χ0) is 13.8.